The third-order valence-electron chi connectivity index (χ3n) is 4.18. The maximum absolute atomic E-state index is 13.8. The maximum Gasteiger partial charge on any atom is 0.240 e. The zero-order valence-electron chi connectivity index (χ0n) is 15.9. The van der Waals surface area contributed by atoms with Gasteiger partial charge in [0.2, 0.25) is 15.9 Å². The van der Waals surface area contributed by atoms with Crippen molar-refractivity contribution in [2.75, 3.05) is 11.9 Å². The Hall–Kier alpha value is -2.62. The van der Waals surface area contributed by atoms with Gasteiger partial charge in [0.1, 0.15) is 5.82 Å². The molecule has 0 atom stereocenters. The summed E-state index contributed by atoms with van der Waals surface area (Å²) in [4.78, 5) is 16.5. The van der Waals surface area contributed by atoms with E-state index in [1.54, 1.807) is 42.6 Å². The Morgan fingerprint density at radius 1 is 1.17 bits per heavy atom. The highest BCUT2D eigenvalue weighted by Gasteiger charge is 2.17. The van der Waals surface area contributed by atoms with Crippen LogP contribution in [0.1, 0.15) is 17.5 Å². The van der Waals surface area contributed by atoms with Gasteiger partial charge in [-0.3, -0.25) is 4.79 Å². The van der Waals surface area contributed by atoms with Gasteiger partial charge in [0, 0.05) is 23.9 Å². The van der Waals surface area contributed by atoms with Crippen molar-refractivity contribution in [2.45, 2.75) is 25.2 Å². The number of rotatable bonds is 7. The van der Waals surface area contributed by atoms with E-state index in [0.29, 0.717) is 22.0 Å². The molecule has 0 aliphatic heterocycles. The quantitative estimate of drug-likeness (QED) is 0.592. The van der Waals surface area contributed by atoms with Crippen molar-refractivity contribution in [3.8, 4) is 11.3 Å². The summed E-state index contributed by atoms with van der Waals surface area (Å²) in [7, 11) is -3.70. The van der Waals surface area contributed by atoms with E-state index in [2.05, 4.69) is 15.0 Å². The number of carbonyl (C=O) groups is 1. The first-order chi connectivity index (χ1) is 13.8. The number of amides is 1. The highest BCUT2D eigenvalue weighted by molar-refractivity contribution is 7.89. The molecule has 3 aromatic rings. The average molecular weight is 434 g/mol. The van der Waals surface area contributed by atoms with Gasteiger partial charge in [-0.25, -0.2) is 22.5 Å². The van der Waals surface area contributed by atoms with Crippen molar-refractivity contribution in [2.24, 2.45) is 0 Å². The summed E-state index contributed by atoms with van der Waals surface area (Å²) in [5.74, 6) is -0.778. The van der Waals surface area contributed by atoms with Gasteiger partial charge >= 0.3 is 0 Å². The number of thiazole rings is 1. The second-order valence-electron chi connectivity index (χ2n) is 6.48. The van der Waals surface area contributed by atoms with E-state index < -0.39 is 15.8 Å². The number of benzene rings is 2. The molecule has 1 heterocycles. The minimum Gasteiger partial charge on any atom is -0.302 e. The average Bonchev–Trinajstić information content (AvgIpc) is 3.12. The summed E-state index contributed by atoms with van der Waals surface area (Å²) in [5.41, 5.74) is 2.25. The Kier molecular flexibility index (Phi) is 6.41. The minimum atomic E-state index is -3.70. The fraction of sp³-hybridized carbons (Fsp3) is 0.200. The number of carbonyl (C=O) groups excluding carboxylic acids is 1. The van der Waals surface area contributed by atoms with Gasteiger partial charge in [-0.15, -0.1) is 11.3 Å². The molecule has 2 N–H and O–H groups in total. The lowest BCUT2D eigenvalue weighted by Crippen LogP contribution is -2.28. The van der Waals surface area contributed by atoms with Crippen LogP contribution in [0.3, 0.4) is 0 Å². The van der Waals surface area contributed by atoms with Crippen LogP contribution in [0.5, 0.6) is 0 Å². The summed E-state index contributed by atoms with van der Waals surface area (Å²) < 4.78 is 41.2. The molecule has 1 amide bonds. The van der Waals surface area contributed by atoms with Crippen molar-refractivity contribution in [3.05, 3.63) is 64.8 Å². The first-order valence-electron chi connectivity index (χ1n) is 8.83. The van der Waals surface area contributed by atoms with E-state index >= 15 is 0 Å². The van der Waals surface area contributed by atoms with E-state index in [0.717, 1.165) is 5.56 Å². The van der Waals surface area contributed by atoms with Gasteiger partial charge < -0.3 is 5.32 Å². The molecule has 3 rings (SSSR count). The topological polar surface area (TPSA) is 88.2 Å². The normalized spacial score (nSPS) is 11.4. The molecular formula is C20H20FN3O3S2. The van der Waals surface area contributed by atoms with Gasteiger partial charge in [0.25, 0.3) is 0 Å². The van der Waals surface area contributed by atoms with Crippen LogP contribution in [0, 0.1) is 19.7 Å². The van der Waals surface area contributed by atoms with Crippen LogP contribution in [0.15, 0.2) is 52.7 Å². The van der Waals surface area contributed by atoms with Crippen molar-refractivity contribution in [1.29, 1.82) is 0 Å². The van der Waals surface area contributed by atoms with Crippen molar-refractivity contribution < 1.29 is 17.6 Å². The zero-order valence-corrected chi connectivity index (χ0v) is 17.5. The summed E-state index contributed by atoms with van der Waals surface area (Å²) in [6, 6.07) is 11.4. The number of sulfonamides is 1. The highest BCUT2D eigenvalue weighted by Crippen LogP contribution is 2.26. The van der Waals surface area contributed by atoms with Crippen LogP contribution < -0.4 is 10.0 Å². The number of nitrogens with one attached hydrogen (secondary N) is 2. The predicted octanol–water partition coefficient (Wildman–Crippen LogP) is 3.87. The molecule has 29 heavy (non-hydrogen) atoms. The van der Waals surface area contributed by atoms with E-state index in [-0.39, 0.29) is 23.8 Å². The monoisotopic (exact) mass is 433 g/mol. The number of aryl methyl sites for hydroxylation is 2. The van der Waals surface area contributed by atoms with Crippen LogP contribution in [0.4, 0.5) is 9.52 Å². The Morgan fingerprint density at radius 3 is 2.69 bits per heavy atom. The number of hydrogen-bond donors (Lipinski definition) is 2. The first-order valence-corrected chi connectivity index (χ1v) is 11.2. The van der Waals surface area contributed by atoms with Crippen LogP contribution in [-0.2, 0) is 14.8 Å². The molecular weight excluding hydrogens is 413 g/mol. The smallest absolute Gasteiger partial charge is 0.240 e. The largest absolute Gasteiger partial charge is 0.302 e. The number of nitrogens with zero attached hydrogens (tertiary/aromatic N) is 1. The molecule has 0 spiro atoms. The lowest BCUT2D eigenvalue weighted by atomic mass is 10.2. The Morgan fingerprint density at radius 2 is 1.93 bits per heavy atom. The molecule has 6 nitrogen and oxygen atoms in total. The van der Waals surface area contributed by atoms with E-state index in [4.69, 9.17) is 0 Å². The molecule has 9 heteroatoms. The van der Waals surface area contributed by atoms with Crippen LogP contribution in [0.2, 0.25) is 0 Å². The standard InChI is InChI=1S/C20H20FN3O3S2/c1-13-7-8-14(2)18(11-13)29(26,27)22-10-9-19(25)24-20-23-17(12-28-20)15-5-3-4-6-16(15)21/h3-8,11-12,22H,9-10H2,1-2H3,(H,23,24,25). The Balaban J connectivity index is 1.57. The molecule has 0 saturated carbocycles. The molecule has 152 valence electrons. The molecule has 0 saturated heterocycles. The second-order valence-corrected chi connectivity index (χ2v) is 9.08. The number of hydrogen-bond acceptors (Lipinski definition) is 5. The minimum absolute atomic E-state index is 0.0485. The van der Waals surface area contributed by atoms with Crippen LogP contribution in [0.25, 0.3) is 11.3 Å². The molecule has 2 aromatic carbocycles. The molecule has 0 bridgehead atoms. The highest BCUT2D eigenvalue weighted by atomic mass is 32.2. The van der Waals surface area contributed by atoms with Gasteiger partial charge in [-0.2, -0.15) is 0 Å². The molecule has 0 fully saturated rings. The predicted molar refractivity (Wildman–Crippen MR) is 112 cm³/mol. The van der Waals surface area contributed by atoms with E-state index in [9.17, 15) is 17.6 Å². The van der Waals surface area contributed by atoms with Gasteiger partial charge in [0.15, 0.2) is 5.13 Å². The van der Waals surface area contributed by atoms with Crippen LogP contribution >= 0.6 is 11.3 Å². The Labute approximate surface area is 172 Å². The third-order valence-corrected chi connectivity index (χ3v) is 6.54. The lowest BCUT2D eigenvalue weighted by molar-refractivity contribution is -0.116. The first kappa shape index (κ1) is 21.1. The third kappa shape index (κ3) is 5.26. The van der Waals surface area contributed by atoms with E-state index in [1.807, 2.05) is 13.0 Å². The SMILES string of the molecule is Cc1ccc(C)c(S(=O)(=O)NCCC(=O)Nc2nc(-c3ccccc3F)cs2)c1. The molecule has 0 radical (unpaired) electrons. The fourth-order valence-electron chi connectivity index (χ4n) is 2.68. The van der Waals surface area contributed by atoms with Crippen molar-refractivity contribution in [3.63, 3.8) is 0 Å². The summed E-state index contributed by atoms with van der Waals surface area (Å²) in [5, 5.41) is 4.58. The molecule has 0 unspecified atom stereocenters. The molecule has 0 aliphatic carbocycles. The summed E-state index contributed by atoms with van der Waals surface area (Å²) >= 11 is 1.17. The number of anilines is 1. The van der Waals surface area contributed by atoms with Gasteiger partial charge in [0.05, 0.1) is 10.6 Å². The summed E-state index contributed by atoms with van der Waals surface area (Å²) in [6.45, 7) is 3.49. The Bertz CT molecular complexity index is 1140. The van der Waals surface area contributed by atoms with Crippen LogP contribution in [-0.4, -0.2) is 25.9 Å². The van der Waals surface area contributed by atoms with Crippen molar-refractivity contribution >= 4 is 32.4 Å². The van der Waals surface area contributed by atoms with Gasteiger partial charge in [-0.1, -0.05) is 24.3 Å². The molecule has 0 aliphatic rings. The second kappa shape index (κ2) is 8.81. The summed E-state index contributed by atoms with van der Waals surface area (Å²) in [6.07, 6.45) is -0.0568. The van der Waals surface area contributed by atoms with E-state index in [1.165, 1.54) is 17.4 Å². The number of aromatic nitrogens is 1. The lowest BCUT2D eigenvalue weighted by Gasteiger charge is -2.10. The number of halogens is 1. The molecule has 1 aromatic heterocycles. The maximum atomic E-state index is 13.8. The fourth-order valence-corrected chi connectivity index (χ4v) is 4.77. The van der Waals surface area contributed by atoms with Crippen molar-refractivity contribution in [1.82, 2.24) is 9.71 Å². The zero-order chi connectivity index (χ0) is 21.0. The van der Waals surface area contributed by atoms with Gasteiger partial charge in [-0.05, 0) is 43.2 Å².